The molecule has 7 nitrogen and oxygen atoms in total. The lowest BCUT2D eigenvalue weighted by Gasteiger charge is -2.31. The van der Waals surface area contributed by atoms with Crippen molar-refractivity contribution in [1.82, 2.24) is 20.4 Å². The molecule has 2 heterocycles. The van der Waals surface area contributed by atoms with E-state index in [9.17, 15) is 14.4 Å². The standard InChI is InChI=1S/C12H20N4O3/c1-8-9(4-3-5-13-8)14-10(17)6-16-11(18)7-15(2)12(16)19/h8-9,13H,3-7H2,1-2H3,(H,14,17). The third-order valence-electron chi connectivity index (χ3n) is 3.64. The number of piperidine rings is 1. The van der Waals surface area contributed by atoms with Gasteiger partial charge < -0.3 is 15.5 Å². The van der Waals surface area contributed by atoms with E-state index in [0.29, 0.717) is 0 Å². The average Bonchev–Trinajstić information content (AvgIpc) is 2.59. The van der Waals surface area contributed by atoms with Crippen LogP contribution in [0.25, 0.3) is 0 Å². The Bertz CT molecular complexity index is 398. The van der Waals surface area contributed by atoms with Gasteiger partial charge in [0.2, 0.25) is 5.91 Å². The van der Waals surface area contributed by atoms with Crippen molar-refractivity contribution in [1.29, 1.82) is 0 Å². The fourth-order valence-electron chi connectivity index (χ4n) is 2.46. The van der Waals surface area contributed by atoms with Crippen molar-refractivity contribution < 1.29 is 14.4 Å². The summed E-state index contributed by atoms with van der Waals surface area (Å²) >= 11 is 0. The molecule has 2 N–H and O–H groups in total. The van der Waals surface area contributed by atoms with Crippen LogP contribution >= 0.6 is 0 Å². The summed E-state index contributed by atoms with van der Waals surface area (Å²) in [6.45, 7) is 2.84. The number of carbonyl (C=O) groups is 3. The molecule has 7 heteroatoms. The molecule has 19 heavy (non-hydrogen) atoms. The lowest BCUT2D eigenvalue weighted by atomic mass is 10.00. The molecule has 2 aliphatic rings. The van der Waals surface area contributed by atoms with Crippen molar-refractivity contribution in [2.75, 3.05) is 26.7 Å². The van der Waals surface area contributed by atoms with Crippen LogP contribution in [0.5, 0.6) is 0 Å². The molecule has 0 aliphatic carbocycles. The number of hydrogen-bond donors (Lipinski definition) is 2. The summed E-state index contributed by atoms with van der Waals surface area (Å²) in [6.07, 6.45) is 1.93. The van der Waals surface area contributed by atoms with Gasteiger partial charge in [-0.1, -0.05) is 0 Å². The Morgan fingerprint density at radius 2 is 2.21 bits per heavy atom. The van der Waals surface area contributed by atoms with E-state index in [4.69, 9.17) is 0 Å². The molecule has 2 aliphatic heterocycles. The van der Waals surface area contributed by atoms with Crippen molar-refractivity contribution >= 4 is 17.8 Å². The van der Waals surface area contributed by atoms with Crippen LogP contribution in [0.15, 0.2) is 0 Å². The minimum atomic E-state index is -0.407. The third-order valence-corrected chi connectivity index (χ3v) is 3.64. The molecule has 2 unspecified atom stereocenters. The Morgan fingerprint density at radius 1 is 1.47 bits per heavy atom. The van der Waals surface area contributed by atoms with E-state index in [2.05, 4.69) is 10.6 Å². The van der Waals surface area contributed by atoms with Gasteiger partial charge in [0.05, 0.1) is 0 Å². The van der Waals surface area contributed by atoms with E-state index < -0.39 is 6.03 Å². The fourth-order valence-corrected chi connectivity index (χ4v) is 2.46. The summed E-state index contributed by atoms with van der Waals surface area (Å²) < 4.78 is 0. The number of rotatable bonds is 3. The number of carbonyl (C=O) groups excluding carboxylic acids is 3. The SMILES string of the molecule is CC1NCCCC1NC(=O)CN1C(=O)CN(C)C1=O. The summed E-state index contributed by atoms with van der Waals surface area (Å²) in [5, 5.41) is 6.17. The van der Waals surface area contributed by atoms with Crippen molar-refractivity contribution in [3.05, 3.63) is 0 Å². The van der Waals surface area contributed by atoms with Crippen molar-refractivity contribution in [3.63, 3.8) is 0 Å². The van der Waals surface area contributed by atoms with Crippen LogP contribution in [-0.2, 0) is 9.59 Å². The Hall–Kier alpha value is -1.63. The molecule has 4 amide bonds. The summed E-state index contributed by atoms with van der Waals surface area (Å²) in [6, 6.07) is -0.132. The van der Waals surface area contributed by atoms with Crippen LogP contribution in [0.3, 0.4) is 0 Å². The number of likely N-dealkylation sites (N-methyl/N-ethyl adjacent to an activating group) is 1. The zero-order valence-electron chi connectivity index (χ0n) is 11.3. The van der Waals surface area contributed by atoms with E-state index in [-0.39, 0.29) is 37.0 Å². The molecule has 0 saturated carbocycles. The van der Waals surface area contributed by atoms with Gasteiger partial charge >= 0.3 is 6.03 Å². The Labute approximate surface area is 112 Å². The van der Waals surface area contributed by atoms with Crippen molar-refractivity contribution in [3.8, 4) is 0 Å². The highest BCUT2D eigenvalue weighted by Crippen LogP contribution is 2.10. The van der Waals surface area contributed by atoms with Crippen LogP contribution in [0.1, 0.15) is 19.8 Å². The topological polar surface area (TPSA) is 81.8 Å². The van der Waals surface area contributed by atoms with Crippen LogP contribution in [0, 0.1) is 0 Å². The molecule has 0 radical (unpaired) electrons. The molecule has 2 saturated heterocycles. The van der Waals surface area contributed by atoms with Crippen LogP contribution in [0.2, 0.25) is 0 Å². The molecule has 0 bridgehead atoms. The number of nitrogens with one attached hydrogen (secondary N) is 2. The van der Waals surface area contributed by atoms with Gasteiger partial charge in [-0.25, -0.2) is 4.79 Å². The maximum absolute atomic E-state index is 11.9. The van der Waals surface area contributed by atoms with Gasteiger partial charge in [-0.2, -0.15) is 0 Å². The monoisotopic (exact) mass is 268 g/mol. The second-order valence-electron chi connectivity index (χ2n) is 5.18. The van der Waals surface area contributed by atoms with Crippen molar-refractivity contribution in [2.45, 2.75) is 31.8 Å². The molecule has 2 fully saturated rings. The quantitative estimate of drug-likeness (QED) is 0.652. The predicted molar refractivity (Wildman–Crippen MR) is 68.4 cm³/mol. The van der Waals surface area contributed by atoms with Crippen LogP contribution in [0.4, 0.5) is 4.79 Å². The average molecular weight is 268 g/mol. The van der Waals surface area contributed by atoms with E-state index in [1.165, 1.54) is 4.90 Å². The van der Waals surface area contributed by atoms with E-state index >= 15 is 0 Å². The van der Waals surface area contributed by atoms with Crippen LogP contribution < -0.4 is 10.6 Å². The molecule has 106 valence electrons. The zero-order chi connectivity index (χ0) is 14.0. The first-order valence-corrected chi connectivity index (χ1v) is 6.57. The fraction of sp³-hybridized carbons (Fsp3) is 0.750. The molecular weight excluding hydrogens is 248 g/mol. The number of imide groups is 1. The highest BCUT2D eigenvalue weighted by atomic mass is 16.2. The first kappa shape index (κ1) is 13.8. The predicted octanol–water partition coefficient (Wildman–Crippen LogP) is -0.863. The summed E-state index contributed by atoms with van der Waals surface area (Å²) in [5.41, 5.74) is 0. The molecule has 0 spiro atoms. The number of urea groups is 1. The maximum atomic E-state index is 11.9. The van der Waals surface area contributed by atoms with Gasteiger partial charge in [0.1, 0.15) is 13.1 Å². The second-order valence-corrected chi connectivity index (χ2v) is 5.18. The summed E-state index contributed by atoms with van der Waals surface area (Å²) in [4.78, 5) is 37.4. The van der Waals surface area contributed by atoms with Gasteiger partial charge in [-0.05, 0) is 26.3 Å². The van der Waals surface area contributed by atoms with E-state index in [1.807, 2.05) is 6.92 Å². The lowest BCUT2D eigenvalue weighted by Crippen LogP contribution is -2.54. The Kier molecular flexibility index (Phi) is 4.04. The molecule has 0 aromatic heterocycles. The maximum Gasteiger partial charge on any atom is 0.327 e. The van der Waals surface area contributed by atoms with Gasteiger partial charge in [0.15, 0.2) is 0 Å². The Balaban J connectivity index is 1.87. The largest absolute Gasteiger partial charge is 0.350 e. The minimum Gasteiger partial charge on any atom is -0.350 e. The smallest absolute Gasteiger partial charge is 0.327 e. The minimum absolute atomic E-state index is 0.0491. The number of nitrogens with zero attached hydrogens (tertiary/aromatic N) is 2. The highest BCUT2D eigenvalue weighted by molar-refractivity contribution is 6.04. The lowest BCUT2D eigenvalue weighted by molar-refractivity contribution is -0.131. The van der Waals surface area contributed by atoms with Gasteiger partial charge in [0, 0.05) is 19.1 Å². The summed E-state index contributed by atoms with van der Waals surface area (Å²) in [7, 11) is 1.55. The van der Waals surface area contributed by atoms with Gasteiger partial charge in [0.25, 0.3) is 5.91 Å². The number of amides is 4. The third kappa shape index (κ3) is 3.04. The molecule has 2 atom stereocenters. The van der Waals surface area contributed by atoms with Crippen LogP contribution in [-0.4, -0.2) is 66.4 Å². The number of hydrogen-bond acceptors (Lipinski definition) is 4. The molecule has 0 aromatic rings. The van der Waals surface area contributed by atoms with E-state index in [1.54, 1.807) is 7.05 Å². The second kappa shape index (κ2) is 5.56. The summed E-state index contributed by atoms with van der Waals surface area (Å²) in [5.74, 6) is -0.602. The molecule has 2 rings (SSSR count). The van der Waals surface area contributed by atoms with Gasteiger partial charge in [-0.15, -0.1) is 0 Å². The van der Waals surface area contributed by atoms with Gasteiger partial charge in [-0.3, -0.25) is 14.5 Å². The molecular formula is C12H20N4O3. The molecule has 0 aromatic carbocycles. The highest BCUT2D eigenvalue weighted by Gasteiger charge is 2.35. The normalized spacial score (nSPS) is 27.9. The van der Waals surface area contributed by atoms with E-state index in [0.717, 1.165) is 24.3 Å². The zero-order valence-corrected chi connectivity index (χ0v) is 11.3. The van der Waals surface area contributed by atoms with Crippen molar-refractivity contribution in [2.24, 2.45) is 0 Å². The first-order chi connectivity index (χ1) is 8.99. The Morgan fingerprint density at radius 3 is 2.79 bits per heavy atom. The first-order valence-electron chi connectivity index (χ1n) is 6.57.